The molecule has 0 radical (unpaired) electrons. The van der Waals surface area contributed by atoms with E-state index in [0.717, 1.165) is 12.1 Å². The van der Waals surface area contributed by atoms with Crippen LogP contribution in [-0.4, -0.2) is 45.3 Å². The first-order valence-electron chi connectivity index (χ1n) is 7.58. The highest BCUT2D eigenvalue weighted by molar-refractivity contribution is 14.0. The molecular weight excluding hydrogens is 431 g/mol. The topological polar surface area (TPSA) is 54.9 Å². The van der Waals surface area contributed by atoms with Gasteiger partial charge in [-0.3, -0.25) is 0 Å². The third-order valence-electron chi connectivity index (χ3n) is 2.84. The number of rotatable bonds is 9. The first-order valence-corrected chi connectivity index (χ1v) is 7.58. The Morgan fingerprint density at radius 3 is 2.67 bits per heavy atom. The molecule has 0 aliphatic heterocycles. The lowest BCUT2D eigenvalue weighted by Gasteiger charge is -2.17. The van der Waals surface area contributed by atoms with Crippen LogP contribution in [0, 0.1) is 0 Å². The fourth-order valence-electron chi connectivity index (χ4n) is 1.91. The van der Waals surface area contributed by atoms with Crippen molar-refractivity contribution in [2.45, 2.75) is 32.9 Å². The molecule has 0 heterocycles. The monoisotopic (exact) mass is 457 g/mol. The molecule has 1 aromatic carbocycles. The van der Waals surface area contributed by atoms with Crippen LogP contribution in [0.5, 0.6) is 5.75 Å². The second-order valence-electron chi connectivity index (χ2n) is 5.05. The quantitative estimate of drug-likeness (QED) is 0.340. The Hall–Kier alpha value is -1.16. The number of nitrogens with one attached hydrogen (secondary N) is 2. The first kappa shape index (κ1) is 22.8. The van der Waals surface area contributed by atoms with Crippen LogP contribution in [0.15, 0.2) is 29.3 Å². The van der Waals surface area contributed by atoms with Crippen molar-refractivity contribution in [2.24, 2.45) is 4.99 Å². The Labute approximate surface area is 159 Å². The van der Waals surface area contributed by atoms with E-state index >= 15 is 0 Å². The van der Waals surface area contributed by atoms with Crippen LogP contribution in [0.3, 0.4) is 0 Å². The summed E-state index contributed by atoms with van der Waals surface area (Å²) in [5, 5.41) is 6.38. The second-order valence-corrected chi connectivity index (χ2v) is 5.05. The summed E-state index contributed by atoms with van der Waals surface area (Å²) < 4.78 is 34.4. The van der Waals surface area contributed by atoms with Crippen molar-refractivity contribution in [1.29, 1.82) is 0 Å². The molecule has 0 aliphatic rings. The van der Waals surface area contributed by atoms with Crippen molar-refractivity contribution in [3.05, 3.63) is 29.8 Å². The molecule has 0 aliphatic carbocycles. The SMILES string of the molecule is CCNC(=NCc1cccc(OCC(F)F)c1)NC(C)COC.I. The maximum atomic E-state index is 12.2. The number of nitrogens with zero attached hydrogens (tertiary/aromatic N) is 1. The van der Waals surface area contributed by atoms with Gasteiger partial charge in [0.25, 0.3) is 6.43 Å². The highest BCUT2D eigenvalue weighted by Crippen LogP contribution is 2.14. The van der Waals surface area contributed by atoms with E-state index in [0.29, 0.717) is 24.9 Å². The molecule has 8 heteroatoms. The van der Waals surface area contributed by atoms with E-state index in [2.05, 4.69) is 15.6 Å². The summed E-state index contributed by atoms with van der Waals surface area (Å²) in [7, 11) is 1.65. The largest absolute Gasteiger partial charge is 0.488 e. The van der Waals surface area contributed by atoms with Crippen LogP contribution >= 0.6 is 24.0 Å². The third-order valence-corrected chi connectivity index (χ3v) is 2.84. The highest BCUT2D eigenvalue weighted by Gasteiger charge is 2.06. The number of ether oxygens (including phenoxy) is 2. The first-order chi connectivity index (χ1) is 11.0. The summed E-state index contributed by atoms with van der Waals surface area (Å²) in [5.41, 5.74) is 0.883. The average molecular weight is 457 g/mol. The van der Waals surface area contributed by atoms with Gasteiger partial charge in [0.05, 0.1) is 13.2 Å². The Balaban J connectivity index is 0.00000529. The lowest BCUT2D eigenvalue weighted by Crippen LogP contribution is -2.43. The molecule has 0 aromatic heterocycles. The van der Waals surface area contributed by atoms with Crippen molar-refractivity contribution in [2.75, 3.05) is 26.9 Å². The molecule has 138 valence electrons. The standard InChI is InChI=1S/C16H25F2N3O2.HI/c1-4-19-16(21-12(2)10-22-3)20-9-13-6-5-7-14(8-13)23-11-15(17)18;/h5-8,12,15H,4,9-11H2,1-3H3,(H2,19,20,21);1H. The van der Waals surface area contributed by atoms with Gasteiger partial charge in [-0.1, -0.05) is 12.1 Å². The van der Waals surface area contributed by atoms with Crippen molar-refractivity contribution in [1.82, 2.24) is 10.6 Å². The zero-order chi connectivity index (χ0) is 17.1. The van der Waals surface area contributed by atoms with E-state index in [1.807, 2.05) is 19.9 Å². The lowest BCUT2D eigenvalue weighted by molar-refractivity contribution is 0.0818. The Kier molecular flexibility index (Phi) is 12.5. The summed E-state index contributed by atoms with van der Waals surface area (Å²) >= 11 is 0. The molecule has 0 saturated heterocycles. The number of methoxy groups -OCH3 is 1. The minimum atomic E-state index is -2.48. The normalized spacial score (nSPS) is 12.5. The summed E-state index contributed by atoms with van der Waals surface area (Å²) in [6.45, 7) is 5.10. The highest BCUT2D eigenvalue weighted by atomic mass is 127. The summed E-state index contributed by atoms with van der Waals surface area (Å²) in [6.07, 6.45) is -2.48. The summed E-state index contributed by atoms with van der Waals surface area (Å²) in [4.78, 5) is 4.48. The molecule has 0 spiro atoms. The van der Waals surface area contributed by atoms with Gasteiger partial charge in [0.15, 0.2) is 5.96 Å². The van der Waals surface area contributed by atoms with Gasteiger partial charge < -0.3 is 20.1 Å². The van der Waals surface area contributed by atoms with Gasteiger partial charge in [0.1, 0.15) is 12.4 Å². The Morgan fingerprint density at radius 2 is 2.04 bits per heavy atom. The predicted octanol–water partition coefficient (Wildman–Crippen LogP) is 3.04. The molecule has 5 nitrogen and oxygen atoms in total. The van der Waals surface area contributed by atoms with E-state index in [1.165, 1.54) is 0 Å². The van der Waals surface area contributed by atoms with E-state index < -0.39 is 13.0 Å². The fourth-order valence-corrected chi connectivity index (χ4v) is 1.91. The summed E-state index contributed by atoms with van der Waals surface area (Å²) in [6, 6.07) is 7.13. The van der Waals surface area contributed by atoms with Crippen molar-refractivity contribution < 1.29 is 18.3 Å². The zero-order valence-electron chi connectivity index (χ0n) is 14.2. The molecule has 0 bridgehead atoms. The van der Waals surface area contributed by atoms with Crippen LogP contribution in [0.4, 0.5) is 8.78 Å². The van der Waals surface area contributed by atoms with Gasteiger partial charge in [-0.05, 0) is 31.5 Å². The smallest absolute Gasteiger partial charge is 0.272 e. The minimum absolute atomic E-state index is 0. The van der Waals surface area contributed by atoms with Gasteiger partial charge in [0, 0.05) is 19.7 Å². The van der Waals surface area contributed by atoms with Crippen LogP contribution in [-0.2, 0) is 11.3 Å². The number of hydrogen-bond acceptors (Lipinski definition) is 3. The third kappa shape index (κ3) is 9.86. The predicted molar refractivity (Wildman–Crippen MR) is 103 cm³/mol. The number of halogens is 3. The van der Waals surface area contributed by atoms with Crippen molar-refractivity contribution in [3.63, 3.8) is 0 Å². The van der Waals surface area contributed by atoms with Gasteiger partial charge in [0.2, 0.25) is 0 Å². The second kappa shape index (κ2) is 13.2. The number of benzene rings is 1. The van der Waals surface area contributed by atoms with Crippen LogP contribution < -0.4 is 15.4 Å². The number of alkyl halides is 2. The zero-order valence-corrected chi connectivity index (χ0v) is 16.6. The van der Waals surface area contributed by atoms with Gasteiger partial charge in [-0.15, -0.1) is 24.0 Å². The summed E-state index contributed by atoms with van der Waals surface area (Å²) in [5.74, 6) is 1.10. The molecule has 24 heavy (non-hydrogen) atoms. The van der Waals surface area contributed by atoms with Crippen LogP contribution in [0.2, 0.25) is 0 Å². The molecule has 2 N–H and O–H groups in total. The average Bonchev–Trinajstić information content (AvgIpc) is 2.51. The van der Waals surface area contributed by atoms with Crippen LogP contribution in [0.25, 0.3) is 0 Å². The van der Waals surface area contributed by atoms with E-state index in [-0.39, 0.29) is 30.0 Å². The van der Waals surface area contributed by atoms with Crippen molar-refractivity contribution in [3.8, 4) is 5.75 Å². The van der Waals surface area contributed by atoms with Gasteiger partial charge in [-0.2, -0.15) is 0 Å². The molecule has 0 saturated carbocycles. The van der Waals surface area contributed by atoms with E-state index in [9.17, 15) is 8.78 Å². The Bertz CT molecular complexity index is 490. The molecule has 1 atom stereocenters. The maximum absolute atomic E-state index is 12.2. The van der Waals surface area contributed by atoms with Crippen LogP contribution in [0.1, 0.15) is 19.4 Å². The molecular formula is C16H26F2IN3O2. The Morgan fingerprint density at radius 1 is 1.29 bits per heavy atom. The molecule has 0 amide bonds. The molecule has 1 aromatic rings. The van der Waals surface area contributed by atoms with E-state index in [1.54, 1.807) is 25.3 Å². The maximum Gasteiger partial charge on any atom is 0.272 e. The molecule has 1 unspecified atom stereocenters. The lowest BCUT2D eigenvalue weighted by atomic mass is 10.2. The molecule has 1 rings (SSSR count). The fraction of sp³-hybridized carbons (Fsp3) is 0.562. The van der Waals surface area contributed by atoms with Crippen molar-refractivity contribution >= 4 is 29.9 Å². The molecule has 0 fully saturated rings. The number of aliphatic imine (C=N–C) groups is 1. The van der Waals surface area contributed by atoms with Gasteiger partial charge in [-0.25, -0.2) is 13.8 Å². The number of guanidine groups is 1. The van der Waals surface area contributed by atoms with E-state index in [4.69, 9.17) is 9.47 Å². The number of hydrogen-bond donors (Lipinski definition) is 2. The van der Waals surface area contributed by atoms with Gasteiger partial charge >= 0.3 is 0 Å². The minimum Gasteiger partial charge on any atom is -0.488 e.